The van der Waals surface area contributed by atoms with E-state index in [9.17, 15) is 18.7 Å². The number of carbonyl (C=O) groups is 1. The molecule has 238 valence electrons. The van der Waals surface area contributed by atoms with Crippen molar-refractivity contribution in [1.29, 1.82) is 0 Å². The number of alkyl halides is 2. The number of aryl methyl sites for hydroxylation is 1. The quantitative estimate of drug-likeness (QED) is 0.173. The molecule has 44 heavy (non-hydrogen) atoms. The van der Waals surface area contributed by atoms with Gasteiger partial charge < -0.3 is 20.1 Å². The molecule has 0 radical (unpaired) electrons. The van der Waals surface area contributed by atoms with E-state index in [1.54, 1.807) is 25.3 Å². The molecule has 0 aromatic carbocycles. The molecule has 3 aromatic rings. The zero-order valence-electron chi connectivity index (χ0n) is 26.5. The highest BCUT2D eigenvalue weighted by Crippen LogP contribution is 2.39. The minimum atomic E-state index is -2.59. The Morgan fingerprint density at radius 3 is 2.48 bits per heavy atom. The van der Waals surface area contributed by atoms with Crippen molar-refractivity contribution in [1.82, 2.24) is 19.9 Å². The minimum Gasteiger partial charge on any atom is -0.845 e. The normalized spacial score (nSPS) is 18.7. The number of likely N-dealkylation sites (N-methyl/N-ethyl adjacent to an activating group) is 2. The summed E-state index contributed by atoms with van der Waals surface area (Å²) in [5, 5.41) is 16.9. The van der Waals surface area contributed by atoms with Crippen LogP contribution in [0.25, 0.3) is 11.3 Å². The van der Waals surface area contributed by atoms with Crippen molar-refractivity contribution in [3.05, 3.63) is 65.6 Å². The summed E-state index contributed by atoms with van der Waals surface area (Å²) in [4.78, 5) is 28.2. The number of nitrogens with one attached hydrogen (secondary N) is 1. The number of halogens is 2. The highest BCUT2D eigenvalue weighted by molar-refractivity contribution is 5.72. The van der Waals surface area contributed by atoms with Gasteiger partial charge in [0.05, 0.1) is 32.3 Å². The third-order valence-corrected chi connectivity index (χ3v) is 8.38. The molecule has 0 unspecified atom stereocenters. The Bertz CT molecular complexity index is 1410. The van der Waals surface area contributed by atoms with Crippen molar-refractivity contribution < 1.29 is 27.9 Å². The van der Waals surface area contributed by atoms with Crippen LogP contribution in [-0.2, 0) is 15.1 Å². The predicted molar refractivity (Wildman–Crippen MR) is 164 cm³/mol. The van der Waals surface area contributed by atoms with Crippen molar-refractivity contribution >= 4 is 17.6 Å². The number of quaternary nitrogens is 1. The largest absolute Gasteiger partial charge is 0.845 e. The van der Waals surface area contributed by atoms with Crippen LogP contribution in [0.15, 0.2) is 48.8 Å². The molecular formula is C33H44F2N6O3. The van der Waals surface area contributed by atoms with E-state index in [1.807, 2.05) is 33.2 Å². The molecule has 0 spiro atoms. The molecule has 9 nitrogen and oxygen atoms in total. The first kappa shape index (κ1) is 33.4. The maximum Gasteiger partial charge on any atom is 0.313 e. The Kier molecular flexibility index (Phi) is 10.6. The summed E-state index contributed by atoms with van der Waals surface area (Å²) >= 11 is 0. The van der Waals surface area contributed by atoms with Gasteiger partial charge in [0.25, 0.3) is 6.43 Å². The van der Waals surface area contributed by atoms with E-state index >= 15 is 0 Å². The summed E-state index contributed by atoms with van der Waals surface area (Å²) in [5.74, 6) is 0.221. The van der Waals surface area contributed by atoms with Gasteiger partial charge in [-0.15, -0.1) is 0 Å². The minimum absolute atomic E-state index is 0.126. The molecule has 1 N–H and O–H groups in total. The number of hydrogen-bond acceptors (Lipinski definition) is 8. The van der Waals surface area contributed by atoms with E-state index in [-0.39, 0.29) is 29.2 Å². The van der Waals surface area contributed by atoms with Gasteiger partial charge in [-0.3, -0.25) is 14.3 Å². The standard InChI is InChI=1S/C33H44F2N6O3/c1-22-17-27(38-30(18-22)39-29-19-24(31(34)35)13-14-36-29)25-9-12-28(37-20-25)33(2,43)26-10-7-23(8-11-26)32(42)44-21-41(5,6)16-15-40(3)4/h9,12-14,17-20,23,26,31H,7-8,10-11,15-16,21H2,1-6H3,(H,36,38,39)/t23?,26?,33-/m1/s1. The van der Waals surface area contributed by atoms with Crippen LogP contribution >= 0.6 is 0 Å². The number of nitrogens with zero attached hydrogens (tertiary/aromatic N) is 5. The third-order valence-electron chi connectivity index (χ3n) is 8.38. The van der Waals surface area contributed by atoms with Crippen LogP contribution in [-0.4, -0.2) is 78.3 Å². The lowest BCUT2D eigenvalue weighted by molar-refractivity contribution is -0.906. The fourth-order valence-corrected chi connectivity index (χ4v) is 5.48. The van der Waals surface area contributed by atoms with Gasteiger partial charge in [0.2, 0.25) is 6.73 Å². The maximum absolute atomic E-state index is 13.9. The lowest BCUT2D eigenvalue weighted by Crippen LogP contribution is -2.48. The zero-order chi connectivity index (χ0) is 32.1. The molecule has 1 fully saturated rings. The molecule has 0 amide bonds. The topological polar surface area (TPSA) is 103 Å². The van der Waals surface area contributed by atoms with Crippen LogP contribution in [0, 0.1) is 18.8 Å². The molecule has 1 atom stereocenters. The van der Waals surface area contributed by atoms with Crippen LogP contribution < -0.4 is 10.4 Å². The fraction of sp³-hybridized carbons (Fsp3) is 0.515. The summed E-state index contributed by atoms with van der Waals surface area (Å²) in [6, 6.07) is 9.85. The van der Waals surface area contributed by atoms with Gasteiger partial charge >= 0.3 is 5.97 Å². The Hall–Kier alpha value is -3.54. The maximum atomic E-state index is 13.9. The van der Waals surface area contributed by atoms with Gasteiger partial charge in [-0.2, -0.15) is 0 Å². The van der Waals surface area contributed by atoms with Crippen LogP contribution in [0.4, 0.5) is 20.4 Å². The lowest BCUT2D eigenvalue weighted by Gasteiger charge is -2.46. The van der Waals surface area contributed by atoms with Gasteiger partial charge in [0, 0.05) is 35.8 Å². The van der Waals surface area contributed by atoms with Gasteiger partial charge in [0.1, 0.15) is 11.6 Å². The molecule has 4 rings (SSSR count). The van der Waals surface area contributed by atoms with E-state index in [2.05, 4.69) is 39.3 Å². The van der Waals surface area contributed by atoms with Crippen molar-refractivity contribution in [3.8, 4) is 11.3 Å². The van der Waals surface area contributed by atoms with Crippen LogP contribution in [0.3, 0.4) is 0 Å². The van der Waals surface area contributed by atoms with Crippen LogP contribution in [0.1, 0.15) is 55.9 Å². The summed E-state index contributed by atoms with van der Waals surface area (Å²) < 4.78 is 32.5. The Morgan fingerprint density at radius 2 is 1.84 bits per heavy atom. The molecule has 1 aliphatic carbocycles. The van der Waals surface area contributed by atoms with Crippen LogP contribution in [0.2, 0.25) is 0 Å². The fourth-order valence-electron chi connectivity index (χ4n) is 5.48. The molecule has 1 saturated carbocycles. The average Bonchev–Trinajstić information content (AvgIpc) is 2.99. The lowest BCUT2D eigenvalue weighted by atomic mass is 9.73. The van der Waals surface area contributed by atoms with E-state index in [0.717, 1.165) is 24.2 Å². The molecule has 0 bridgehead atoms. The number of ether oxygens (including phenoxy) is 1. The van der Waals surface area contributed by atoms with E-state index in [1.165, 1.54) is 18.3 Å². The third kappa shape index (κ3) is 8.77. The average molecular weight is 611 g/mol. The summed E-state index contributed by atoms with van der Waals surface area (Å²) in [6.07, 6.45) is 2.91. The van der Waals surface area contributed by atoms with Crippen molar-refractivity contribution in [2.75, 3.05) is 53.3 Å². The monoisotopic (exact) mass is 610 g/mol. The van der Waals surface area contributed by atoms with Gasteiger partial charge in [-0.1, -0.05) is 25.4 Å². The van der Waals surface area contributed by atoms with Crippen molar-refractivity contribution in [2.24, 2.45) is 11.8 Å². The number of carbonyl (C=O) groups excluding carboxylic acids is 1. The molecule has 0 aliphatic heterocycles. The Balaban J connectivity index is 1.36. The van der Waals surface area contributed by atoms with E-state index < -0.39 is 12.0 Å². The predicted octanol–water partition coefficient (Wildman–Crippen LogP) is 5.05. The molecule has 1 aliphatic rings. The van der Waals surface area contributed by atoms with E-state index in [4.69, 9.17) is 4.74 Å². The van der Waals surface area contributed by atoms with Crippen molar-refractivity contribution in [3.63, 3.8) is 0 Å². The second-order valence-corrected chi connectivity index (χ2v) is 13.0. The number of esters is 1. The molecule has 3 heterocycles. The molecule has 3 aromatic heterocycles. The number of hydrogen-bond donors (Lipinski definition) is 1. The first-order valence-corrected chi connectivity index (χ1v) is 15.0. The SMILES string of the molecule is Cc1cc(Nc2cc(C(F)F)ccn2)nc(-c2ccc([C@](C)([O-])C3CCC(C(=O)OC[N+](C)(C)CCN(C)C)CC3)nc2)c1. The first-order valence-electron chi connectivity index (χ1n) is 15.0. The van der Waals surface area contributed by atoms with Crippen LogP contribution in [0.5, 0.6) is 0 Å². The molecule has 0 saturated heterocycles. The number of rotatable bonds is 12. The number of anilines is 2. The van der Waals surface area contributed by atoms with Crippen molar-refractivity contribution in [2.45, 2.75) is 51.6 Å². The summed E-state index contributed by atoms with van der Waals surface area (Å²) in [5.41, 5.74) is 1.18. The Morgan fingerprint density at radius 1 is 1.11 bits per heavy atom. The zero-order valence-corrected chi connectivity index (χ0v) is 26.5. The summed E-state index contributed by atoms with van der Waals surface area (Å²) in [6.45, 7) is 5.70. The number of aromatic nitrogens is 3. The highest BCUT2D eigenvalue weighted by atomic mass is 19.3. The second-order valence-electron chi connectivity index (χ2n) is 13.0. The van der Waals surface area contributed by atoms with Gasteiger partial charge in [-0.25, -0.2) is 18.7 Å². The van der Waals surface area contributed by atoms with Gasteiger partial charge in [-0.05, 0) is 81.7 Å². The highest BCUT2D eigenvalue weighted by Gasteiger charge is 2.34. The first-order chi connectivity index (χ1) is 20.7. The summed E-state index contributed by atoms with van der Waals surface area (Å²) in [7, 11) is 8.15. The second kappa shape index (κ2) is 14.0. The Labute approximate surface area is 258 Å². The van der Waals surface area contributed by atoms with E-state index in [0.29, 0.717) is 54.1 Å². The smallest absolute Gasteiger partial charge is 0.313 e. The molecule has 11 heteroatoms. The number of pyridine rings is 3. The van der Waals surface area contributed by atoms with Gasteiger partial charge in [0.15, 0.2) is 0 Å². The molecular weight excluding hydrogens is 566 g/mol.